The van der Waals surface area contributed by atoms with Crippen molar-refractivity contribution in [2.75, 3.05) is 6.61 Å². The molecule has 1 heterocycles. The van der Waals surface area contributed by atoms with Crippen LogP contribution in [0.25, 0.3) is 6.08 Å². The second-order valence-corrected chi connectivity index (χ2v) is 7.07. The fraction of sp³-hybridized carbons (Fsp3) is 0.632. The van der Waals surface area contributed by atoms with Gasteiger partial charge in [-0.05, 0) is 32.3 Å². The Morgan fingerprint density at radius 3 is 2.77 bits per heavy atom. The molecule has 0 atom stereocenters. The minimum Gasteiger partial charge on any atom is -0.452 e. The van der Waals surface area contributed by atoms with Crippen molar-refractivity contribution in [3.8, 4) is 0 Å². The van der Waals surface area contributed by atoms with E-state index in [4.69, 9.17) is 16.3 Å². The summed E-state index contributed by atoms with van der Waals surface area (Å²) in [4.78, 5) is 23.7. The van der Waals surface area contributed by atoms with E-state index in [9.17, 15) is 9.59 Å². The second kappa shape index (κ2) is 10.4. The predicted octanol–water partition coefficient (Wildman–Crippen LogP) is 3.65. The van der Waals surface area contributed by atoms with Crippen molar-refractivity contribution < 1.29 is 14.3 Å². The molecule has 6 nitrogen and oxygen atoms in total. The highest BCUT2D eigenvalue weighted by atomic mass is 35.5. The SMILES string of the molecule is CCCCn1nc(C)c(/C=C/C(=O)OCC(=O)NC2CCCCC2)c1Cl. The van der Waals surface area contributed by atoms with Gasteiger partial charge in [-0.1, -0.05) is 44.2 Å². The second-order valence-electron chi connectivity index (χ2n) is 6.71. The lowest BCUT2D eigenvalue weighted by molar-refractivity contribution is -0.144. The van der Waals surface area contributed by atoms with E-state index >= 15 is 0 Å². The molecule has 1 N–H and O–H groups in total. The maximum Gasteiger partial charge on any atom is 0.331 e. The molecule has 7 heteroatoms. The summed E-state index contributed by atoms with van der Waals surface area (Å²) in [5.41, 5.74) is 1.46. The maximum atomic E-state index is 11.9. The van der Waals surface area contributed by atoms with Crippen LogP contribution < -0.4 is 5.32 Å². The Kier molecular flexibility index (Phi) is 8.16. The van der Waals surface area contributed by atoms with E-state index in [0.29, 0.717) is 10.7 Å². The summed E-state index contributed by atoms with van der Waals surface area (Å²) in [5, 5.41) is 7.81. The third-order valence-electron chi connectivity index (χ3n) is 4.53. The standard InChI is InChI=1S/C19H28ClN3O3/c1-3-4-12-23-19(20)16(14(2)22-23)10-11-18(25)26-13-17(24)21-15-8-6-5-7-9-15/h10-11,15H,3-9,12-13H2,1-2H3,(H,21,24)/b11-10+. The van der Waals surface area contributed by atoms with Crippen LogP contribution in [-0.2, 0) is 20.9 Å². The smallest absolute Gasteiger partial charge is 0.331 e. The molecule has 0 radical (unpaired) electrons. The van der Waals surface area contributed by atoms with Crippen molar-refractivity contribution in [1.29, 1.82) is 0 Å². The van der Waals surface area contributed by atoms with Crippen LogP contribution in [-0.4, -0.2) is 34.3 Å². The summed E-state index contributed by atoms with van der Waals surface area (Å²) in [6.07, 6.45) is 10.4. The summed E-state index contributed by atoms with van der Waals surface area (Å²) in [5.74, 6) is -0.819. The molecule has 1 aliphatic carbocycles. The number of carbonyl (C=O) groups is 2. The van der Waals surface area contributed by atoms with E-state index in [1.165, 1.54) is 12.5 Å². The molecular formula is C19H28ClN3O3. The number of hydrogen-bond acceptors (Lipinski definition) is 4. The number of ether oxygens (including phenoxy) is 1. The van der Waals surface area contributed by atoms with Gasteiger partial charge in [0.2, 0.25) is 0 Å². The molecule has 1 aliphatic rings. The summed E-state index contributed by atoms with van der Waals surface area (Å²) >= 11 is 6.32. The van der Waals surface area contributed by atoms with Gasteiger partial charge in [0, 0.05) is 24.2 Å². The van der Waals surface area contributed by atoms with Gasteiger partial charge in [0.05, 0.1) is 5.69 Å². The molecule has 0 aliphatic heterocycles. The largest absolute Gasteiger partial charge is 0.452 e. The number of aromatic nitrogens is 2. The topological polar surface area (TPSA) is 73.2 Å². The highest BCUT2D eigenvalue weighted by Gasteiger charge is 2.16. The third-order valence-corrected chi connectivity index (χ3v) is 4.93. The Bertz CT molecular complexity index is 649. The van der Waals surface area contributed by atoms with E-state index in [1.807, 2.05) is 6.92 Å². The molecule has 1 fully saturated rings. The number of nitrogens with zero attached hydrogens (tertiary/aromatic N) is 2. The molecule has 26 heavy (non-hydrogen) atoms. The maximum absolute atomic E-state index is 11.9. The number of nitrogens with one attached hydrogen (secondary N) is 1. The zero-order chi connectivity index (χ0) is 18.9. The number of carbonyl (C=O) groups excluding carboxylic acids is 2. The predicted molar refractivity (Wildman–Crippen MR) is 102 cm³/mol. The fourth-order valence-electron chi connectivity index (χ4n) is 3.06. The van der Waals surface area contributed by atoms with E-state index in [2.05, 4.69) is 17.3 Å². The first-order valence-electron chi connectivity index (χ1n) is 9.38. The Labute approximate surface area is 159 Å². The van der Waals surface area contributed by atoms with E-state index in [-0.39, 0.29) is 18.6 Å². The first-order chi connectivity index (χ1) is 12.5. The van der Waals surface area contributed by atoms with Crippen molar-refractivity contribution in [2.45, 2.75) is 71.4 Å². The average molecular weight is 382 g/mol. The molecule has 1 aromatic rings. The summed E-state index contributed by atoms with van der Waals surface area (Å²) in [6, 6.07) is 0.209. The summed E-state index contributed by atoms with van der Waals surface area (Å²) in [6.45, 7) is 4.43. The van der Waals surface area contributed by atoms with Crippen molar-refractivity contribution >= 4 is 29.6 Å². The van der Waals surface area contributed by atoms with E-state index in [0.717, 1.165) is 50.8 Å². The zero-order valence-electron chi connectivity index (χ0n) is 15.6. The van der Waals surface area contributed by atoms with Gasteiger partial charge < -0.3 is 10.1 Å². The molecule has 0 bridgehead atoms. The number of unbranched alkanes of at least 4 members (excludes halogenated alkanes) is 1. The van der Waals surface area contributed by atoms with Crippen LogP contribution in [0.3, 0.4) is 0 Å². The number of aryl methyl sites for hydroxylation is 2. The molecule has 0 spiro atoms. The van der Waals surface area contributed by atoms with Gasteiger partial charge in [-0.3, -0.25) is 9.48 Å². The Hall–Kier alpha value is -1.82. The highest BCUT2D eigenvalue weighted by molar-refractivity contribution is 6.31. The Balaban J connectivity index is 1.81. The normalized spacial score (nSPS) is 15.3. The molecular weight excluding hydrogens is 354 g/mol. The van der Waals surface area contributed by atoms with Crippen LogP contribution >= 0.6 is 11.6 Å². The lowest BCUT2D eigenvalue weighted by atomic mass is 9.95. The summed E-state index contributed by atoms with van der Waals surface area (Å²) in [7, 11) is 0. The van der Waals surface area contributed by atoms with Gasteiger partial charge in [-0.25, -0.2) is 4.79 Å². The number of rotatable bonds is 8. The van der Waals surface area contributed by atoms with Gasteiger partial charge in [0.25, 0.3) is 5.91 Å². The van der Waals surface area contributed by atoms with Crippen molar-refractivity contribution in [3.05, 3.63) is 22.5 Å². The lowest BCUT2D eigenvalue weighted by Crippen LogP contribution is -2.38. The monoisotopic (exact) mass is 381 g/mol. The fourth-order valence-corrected chi connectivity index (χ4v) is 3.39. The molecule has 2 rings (SSSR count). The highest BCUT2D eigenvalue weighted by Crippen LogP contribution is 2.22. The van der Waals surface area contributed by atoms with Crippen LogP contribution in [0.2, 0.25) is 5.15 Å². The average Bonchev–Trinajstić information content (AvgIpc) is 2.90. The van der Waals surface area contributed by atoms with Gasteiger partial charge in [-0.15, -0.1) is 0 Å². The number of esters is 1. The van der Waals surface area contributed by atoms with Crippen LogP contribution in [0.5, 0.6) is 0 Å². The zero-order valence-corrected chi connectivity index (χ0v) is 16.3. The molecule has 1 aromatic heterocycles. The Morgan fingerprint density at radius 1 is 1.35 bits per heavy atom. The van der Waals surface area contributed by atoms with E-state index < -0.39 is 5.97 Å². The number of halogens is 1. The molecule has 0 unspecified atom stereocenters. The first-order valence-corrected chi connectivity index (χ1v) is 9.76. The first kappa shape index (κ1) is 20.5. The molecule has 1 saturated carbocycles. The van der Waals surface area contributed by atoms with Crippen LogP contribution in [0.4, 0.5) is 0 Å². The van der Waals surface area contributed by atoms with E-state index in [1.54, 1.807) is 10.8 Å². The number of hydrogen-bond donors (Lipinski definition) is 1. The summed E-state index contributed by atoms with van der Waals surface area (Å²) < 4.78 is 6.75. The quantitative estimate of drug-likeness (QED) is 0.551. The van der Waals surface area contributed by atoms with Gasteiger partial charge in [0.15, 0.2) is 6.61 Å². The third kappa shape index (κ3) is 6.16. The van der Waals surface area contributed by atoms with Crippen LogP contribution in [0.1, 0.15) is 63.1 Å². The molecule has 144 valence electrons. The van der Waals surface area contributed by atoms with Crippen molar-refractivity contribution in [1.82, 2.24) is 15.1 Å². The Morgan fingerprint density at radius 2 is 2.08 bits per heavy atom. The minimum atomic E-state index is -0.569. The van der Waals surface area contributed by atoms with Crippen molar-refractivity contribution in [3.63, 3.8) is 0 Å². The molecule has 0 aromatic carbocycles. The van der Waals surface area contributed by atoms with Gasteiger partial charge in [0.1, 0.15) is 5.15 Å². The molecule has 1 amide bonds. The lowest BCUT2D eigenvalue weighted by Gasteiger charge is -2.22. The number of amides is 1. The van der Waals surface area contributed by atoms with Crippen molar-refractivity contribution in [2.24, 2.45) is 0 Å². The van der Waals surface area contributed by atoms with Gasteiger partial charge in [-0.2, -0.15) is 5.10 Å². The van der Waals surface area contributed by atoms with Crippen LogP contribution in [0.15, 0.2) is 6.08 Å². The molecule has 0 saturated heterocycles. The minimum absolute atomic E-state index is 0.209. The van der Waals surface area contributed by atoms with Crippen LogP contribution in [0, 0.1) is 6.92 Å². The van der Waals surface area contributed by atoms with Gasteiger partial charge >= 0.3 is 5.97 Å².